The third kappa shape index (κ3) is 4.10. The highest BCUT2D eigenvalue weighted by atomic mass is 32.2. The second kappa shape index (κ2) is 6.94. The van der Waals surface area contributed by atoms with E-state index < -0.39 is 26.7 Å². The molecular weight excluding hydrogens is 352 g/mol. The molecule has 3 atom stereocenters. The first-order chi connectivity index (χ1) is 12.1. The molecule has 2 aliphatic rings. The van der Waals surface area contributed by atoms with Gasteiger partial charge in [-0.05, 0) is 32.8 Å². The van der Waals surface area contributed by atoms with Crippen molar-refractivity contribution in [2.75, 3.05) is 19.3 Å². The Kier molecular flexibility index (Phi) is 5.16. The van der Waals surface area contributed by atoms with E-state index in [-0.39, 0.29) is 12.1 Å². The Morgan fingerprint density at radius 1 is 1.19 bits per heavy atom. The molecule has 7 heteroatoms. The number of nitrogens with zero attached hydrogens (tertiary/aromatic N) is 2. The lowest BCUT2D eigenvalue weighted by Gasteiger charge is -2.30. The minimum absolute atomic E-state index is 0.275. The summed E-state index contributed by atoms with van der Waals surface area (Å²) in [5, 5.41) is -0.578. The third-order valence-electron chi connectivity index (χ3n) is 5.01. The van der Waals surface area contributed by atoms with Gasteiger partial charge in [0.05, 0.1) is 11.4 Å². The van der Waals surface area contributed by atoms with Crippen molar-refractivity contribution >= 4 is 15.8 Å². The second-order valence-corrected chi connectivity index (χ2v) is 10.5. The molecule has 3 rings (SSSR count). The van der Waals surface area contributed by atoms with Crippen LogP contribution < -0.4 is 0 Å². The number of carbonyl (C=O) groups is 1. The molecule has 2 heterocycles. The van der Waals surface area contributed by atoms with E-state index >= 15 is 0 Å². The van der Waals surface area contributed by atoms with Gasteiger partial charge in [-0.25, -0.2) is 8.42 Å². The van der Waals surface area contributed by atoms with Gasteiger partial charge in [-0.15, -0.1) is 0 Å². The summed E-state index contributed by atoms with van der Waals surface area (Å²) < 4.78 is 30.4. The number of ether oxygens (including phenoxy) is 1. The molecule has 0 amide bonds. The van der Waals surface area contributed by atoms with Crippen molar-refractivity contribution in [2.45, 2.75) is 56.8 Å². The van der Waals surface area contributed by atoms with Gasteiger partial charge in [0.1, 0.15) is 11.6 Å². The molecule has 2 aliphatic heterocycles. The maximum atomic E-state index is 12.7. The monoisotopic (exact) mass is 380 g/mol. The van der Waals surface area contributed by atoms with Crippen LogP contribution in [0.3, 0.4) is 0 Å². The van der Waals surface area contributed by atoms with Crippen molar-refractivity contribution in [1.82, 2.24) is 9.80 Å². The van der Waals surface area contributed by atoms with Crippen molar-refractivity contribution in [3.05, 3.63) is 35.9 Å². The molecule has 0 spiro atoms. The Morgan fingerprint density at radius 2 is 1.85 bits per heavy atom. The maximum Gasteiger partial charge on any atom is 0.323 e. The van der Waals surface area contributed by atoms with Crippen LogP contribution in [0.5, 0.6) is 0 Å². The molecule has 2 saturated heterocycles. The minimum atomic E-state index is -3.28. The van der Waals surface area contributed by atoms with E-state index in [1.165, 1.54) is 6.26 Å². The number of rotatable bonds is 4. The first-order valence-electron chi connectivity index (χ1n) is 9.02. The fraction of sp³-hybridized carbons (Fsp3) is 0.632. The molecule has 144 valence electrons. The van der Waals surface area contributed by atoms with E-state index in [1.54, 1.807) is 0 Å². The van der Waals surface area contributed by atoms with Crippen LogP contribution in [0.1, 0.15) is 32.8 Å². The summed E-state index contributed by atoms with van der Waals surface area (Å²) in [7, 11) is -3.28. The molecule has 0 N–H and O–H groups in total. The highest BCUT2D eigenvalue weighted by Crippen LogP contribution is 2.36. The Morgan fingerprint density at radius 3 is 2.42 bits per heavy atom. The molecule has 0 aromatic heterocycles. The van der Waals surface area contributed by atoms with Crippen LogP contribution >= 0.6 is 0 Å². The molecule has 0 unspecified atom stereocenters. The lowest BCUT2D eigenvalue weighted by atomic mass is 10.1. The highest BCUT2D eigenvalue weighted by Gasteiger charge is 2.54. The van der Waals surface area contributed by atoms with Crippen LogP contribution in [0.15, 0.2) is 30.3 Å². The fourth-order valence-electron chi connectivity index (χ4n) is 3.97. The van der Waals surface area contributed by atoms with E-state index in [0.29, 0.717) is 19.5 Å². The summed E-state index contributed by atoms with van der Waals surface area (Å²) in [4.78, 5) is 16.9. The van der Waals surface area contributed by atoms with Crippen LogP contribution in [-0.4, -0.2) is 66.6 Å². The van der Waals surface area contributed by atoms with Gasteiger partial charge in [0, 0.05) is 25.9 Å². The molecule has 0 radical (unpaired) electrons. The number of sulfone groups is 1. The SMILES string of the molecule is CC(C)(C)OC(=O)[C@@H]1C[C@H](S(C)(=O)=O)[C@H]2N(Cc3ccccc3)CCN12. The van der Waals surface area contributed by atoms with Crippen molar-refractivity contribution < 1.29 is 17.9 Å². The summed E-state index contributed by atoms with van der Waals surface area (Å²) in [6.07, 6.45) is 1.29. The van der Waals surface area contributed by atoms with Gasteiger partial charge in [0.2, 0.25) is 0 Å². The predicted octanol–water partition coefficient (Wildman–Crippen LogP) is 1.66. The zero-order valence-corrected chi connectivity index (χ0v) is 16.7. The number of esters is 1. The second-order valence-electron chi connectivity index (χ2n) is 8.26. The minimum Gasteiger partial charge on any atom is -0.459 e. The van der Waals surface area contributed by atoms with Gasteiger partial charge in [-0.1, -0.05) is 30.3 Å². The van der Waals surface area contributed by atoms with Gasteiger partial charge < -0.3 is 4.74 Å². The van der Waals surface area contributed by atoms with E-state index in [0.717, 1.165) is 12.1 Å². The van der Waals surface area contributed by atoms with Crippen LogP contribution in [0, 0.1) is 0 Å². The average molecular weight is 381 g/mol. The Labute approximate surface area is 156 Å². The largest absolute Gasteiger partial charge is 0.459 e. The van der Waals surface area contributed by atoms with Crippen LogP contribution in [0.2, 0.25) is 0 Å². The molecule has 2 fully saturated rings. The Balaban J connectivity index is 1.84. The van der Waals surface area contributed by atoms with E-state index in [9.17, 15) is 13.2 Å². The Bertz CT molecular complexity index is 757. The molecule has 6 nitrogen and oxygen atoms in total. The topological polar surface area (TPSA) is 66.9 Å². The lowest BCUT2D eigenvalue weighted by molar-refractivity contribution is -0.160. The molecule has 0 bridgehead atoms. The standard InChI is InChI=1S/C19H28N2O4S/c1-19(2,3)25-18(22)15-12-16(26(4,23)24)17-20(10-11-21(15)17)13-14-8-6-5-7-9-14/h5-9,15-17H,10-13H2,1-4H3/t15-,16-,17-/m0/s1. The number of hydrogen-bond acceptors (Lipinski definition) is 6. The summed E-state index contributed by atoms with van der Waals surface area (Å²) in [5.41, 5.74) is 0.557. The van der Waals surface area contributed by atoms with Gasteiger partial charge in [-0.2, -0.15) is 0 Å². The van der Waals surface area contributed by atoms with Crippen LogP contribution in [0.25, 0.3) is 0 Å². The molecule has 0 aliphatic carbocycles. The van der Waals surface area contributed by atoms with Crippen molar-refractivity contribution in [3.63, 3.8) is 0 Å². The number of benzene rings is 1. The zero-order chi connectivity index (χ0) is 19.1. The van der Waals surface area contributed by atoms with Gasteiger partial charge >= 0.3 is 5.97 Å². The van der Waals surface area contributed by atoms with E-state index in [1.807, 2.05) is 56.0 Å². The first kappa shape index (κ1) is 19.3. The van der Waals surface area contributed by atoms with Gasteiger partial charge in [0.25, 0.3) is 0 Å². The molecule has 1 aromatic rings. The highest BCUT2D eigenvalue weighted by molar-refractivity contribution is 7.91. The average Bonchev–Trinajstić information content (AvgIpc) is 3.07. The summed E-state index contributed by atoms with van der Waals surface area (Å²) in [6, 6.07) is 9.51. The van der Waals surface area contributed by atoms with Crippen LogP contribution in [0.4, 0.5) is 0 Å². The normalized spacial score (nSPS) is 27.5. The molecule has 1 aromatic carbocycles. The number of carbonyl (C=O) groups excluding carboxylic acids is 1. The summed E-state index contributed by atoms with van der Waals surface area (Å²) in [5.74, 6) is -0.324. The van der Waals surface area contributed by atoms with Gasteiger partial charge in [0.15, 0.2) is 9.84 Å². The van der Waals surface area contributed by atoms with Crippen LogP contribution in [-0.2, 0) is 25.9 Å². The Hall–Kier alpha value is -1.44. The smallest absolute Gasteiger partial charge is 0.323 e. The van der Waals surface area contributed by atoms with E-state index in [4.69, 9.17) is 4.74 Å². The predicted molar refractivity (Wildman–Crippen MR) is 100 cm³/mol. The van der Waals surface area contributed by atoms with E-state index in [2.05, 4.69) is 4.90 Å². The van der Waals surface area contributed by atoms with Crippen molar-refractivity contribution in [1.29, 1.82) is 0 Å². The fourth-order valence-corrected chi connectivity index (χ4v) is 5.27. The molecule has 0 saturated carbocycles. The number of hydrogen-bond donors (Lipinski definition) is 0. The summed E-state index contributed by atoms with van der Waals surface area (Å²) in [6.45, 7) is 7.58. The van der Waals surface area contributed by atoms with Crippen molar-refractivity contribution in [2.24, 2.45) is 0 Å². The zero-order valence-electron chi connectivity index (χ0n) is 15.9. The molecule has 26 heavy (non-hydrogen) atoms. The maximum absolute atomic E-state index is 12.7. The van der Waals surface area contributed by atoms with Crippen molar-refractivity contribution in [3.8, 4) is 0 Å². The first-order valence-corrected chi connectivity index (χ1v) is 11.0. The number of fused-ring (bicyclic) bond motifs is 1. The summed E-state index contributed by atoms with van der Waals surface area (Å²) >= 11 is 0. The molecular formula is C19H28N2O4S. The van der Waals surface area contributed by atoms with Gasteiger partial charge in [-0.3, -0.25) is 14.6 Å². The lowest BCUT2D eigenvalue weighted by Crippen LogP contribution is -2.46. The third-order valence-corrected chi connectivity index (χ3v) is 6.54. The quantitative estimate of drug-likeness (QED) is 0.740.